The van der Waals surface area contributed by atoms with Crippen LogP contribution in [-0.2, 0) is 0 Å². The molecule has 2 nitrogen and oxygen atoms in total. The van der Waals surface area contributed by atoms with Crippen molar-refractivity contribution in [2.75, 3.05) is 23.9 Å². The van der Waals surface area contributed by atoms with Gasteiger partial charge in [-0.25, -0.2) is 0 Å². The Balaban J connectivity index is 2.05. The molecule has 2 aromatic rings. The molecule has 0 unspecified atom stereocenters. The van der Waals surface area contributed by atoms with Crippen LogP contribution in [0.25, 0.3) is 11.1 Å². The van der Waals surface area contributed by atoms with Gasteiger partial charge in [0.05, 0.1) is 13.2 Å². The van der Waals surface area contributed by atoms with Gasteiger partial charge in [0.1, 0.15) is 11.5 Å². The number of alkyl halides is 2. The zero-order valence-electron chi connectivity index (χ0n) is 18.0. The second-order valence-electron chi connectivity index (χ2n) is 6.94. The minimum Gasteiger partial charge on any atom is -0.494 e. The lowest BCUT2D eigenvalue weighted by molar-refractivity contribution is 0.310. The molecule has 2 aromatic carbocycles. The van der Waals surface area contributed by atoms with E-state index in [9.17, 15) is 0 Å². The van der Waals surface area contributed by atoms with E-state index in [1.165, 1.54) is 22.3 Å². The second kappa shape index (κ2) is 14.5. The zero-order chi connectivity index (χ0) is 21.6. The molecule has 0 fully saturated rings. The van der Waals surface area contributed by atoms with E-state index in [1.54, 1.807) is 0 Å². The fraction of sp³-hybridized carbons (Fsp3) is 0.385. The van der Waals surface area contributed by atoms with E-state index in [0.717, 1.165) is 61.1 Å². The van der Waals surface area contributed by atoms with Crippen molar-refractivity contribution in [3.05, 3.63) is 71.8 Å². The van der Waals surface area contributed by atoms with Gasteiger partial charge in [-0.05, 0) is 86.1 Å². The summed E-state index contributed by atoms with van der Waals surface area (Å²) in [6.07, 6.45) is 8.73. The fourth-order valence-electron chi connectivity index (χ4n) is 3.19. The smallest absolute Gasteiger partial charge is 0.119 e. The number of hydrogen-bond acceptors (Lipinski definition) is 2. The van der Waals surface area contributed by atoms with Crippen LogP contribution in [0.1, 0.15) is 50.7 Å². The summed E-state index contributed by atoms with van der Waals surface area (Å²) in [5, 5.41) is 2.05. The third-order valence-corrected chi connectivity index (χ3v) is 5.91. The van der Waals surface area contributed by atoms with E-state index in [-0.39, 0.29) is 0 Å². The standard InChI is InChI=1S/C26H32Br2O2/c1-3-25(21-9-13-23(14-10-21)29-19-7-5-17-27)26(4-2)22-11-15-24(16-12-22)30-20-8-6-18-28/h3-4,9-16H,5-8,17-20H2,1-2H3. The minimum atomic E-state index is 0.756. The first-order valence-corrected chi connectivity index (χ1v) is 12.9. The number of unbranched alkanes of at least 4 members (excludes halogenated alkanes) is 2. The van der Waals surface area contributed by atoms with Crippen LogP contribution >= 0.6 is 31.9 Å². The molecule has 0 aromatic heterocycles. The molecule has 0 aliphatic rings. The summed E-state index contributed by atoms with van der Waals surface area (Å²) in [4.78, 5) is 0. The first kappa shape index (κ1) is 24.7. The first-order chi connectivity index (χ1) is 14.7. The number of hydrogen-bond donors (Lipinski definition) is 0. The summed E-state index contributed by atoms with van der Waals surface area (Å²) in [6, 6.07) is 16.8. The molecule has 162 valence electrons. The molecule has 0 radical (unpaired) electrons. The van der Waals surface area contributed by atoms with Crippen LogP contribution in [-0.4, -0.2) is 23.9 Å². The van der Waals surface area contributed by atoms with Crippen LogP contribution in [0.15, 0.2) is 60.7 Å². The quantitative estimate of drug-likeness (QED) is 0.146. The normalized spacial score (nSPS) is 12.1. The Morgan fingerprint density at radius 1 is 0.633 bits per heavy atom. The molecule has 30 heavy (non-hydrogen) atoms. The third kappa shape index (κ3) is 7.96. The molecule has 0 saturated carbocycles. The van der Waals surface area contributed by atoms with Crippen LogP contribution in [0.3, 0.4) is 0 Å². The maximum absolute atomic E-state index is 5.84. The average molecular weight is 536 g/mol. The van der Waals surface area contributed by atoms with Gasteiger partial charge in [-0.3, -0.25) is 0 Å². The van der Waals surface area contributed by atoms with E-state index >= 15 is 0 Å². The molecule has 0 bridgehead atoms. The van der Waals surface area contributed by atoms with E-state index in [1.807, 2.05) is 0 Å². The van der Waals surface area contributed by atoms with Crippen molar-refractivity contribution in [3.8, 4) is 11.5 Å². The molecular formula is C26H32Br2O2. The Bertz CT molecular complexity index is 723. The van der Waals surface area contributed by atoms with Gasteiger partial charge in [0.25, 0.3) is 0 Å². The highest BCUT2D eigenvalue weighted by Crippen LogP contribution is 2.33. The molecule has 0 N–H and O–H groups in total. The third-order valence-electron chi connectivity index (χ3n) is 4.79. The molecule has 0 aliphatic heterocycles. The number of halogens is 2. The second-order valence-corrected chi connectivity index (χ2v) is 8.53. The highest BCUT2D eigenvalue weighted by molar-refractivity contribution is 9.09. The molecule has 4 heteroatoms. The van der Waals surface area contributed by atoms with Gasteiger partial charge in [0.2, 0.25) is 0 Å². The van der Waals surface area contributed by atoms with Gasteiger partial charge in [-0.1, -0.05) is 68.3 Å². The molecule has 0 spiro atoms. The lowest BCUT2D eigenvalue weighted by atomic mass is 9.92. The van der Waals surface area contributed by atoms with E-state index in [0.29, 0.717) is 0 Å². The Morgan fingerprint density at radius 3 is 1.30 bits per heavy atom. The van der Waals surface area contributed by atoms with Crippen LogP contribution < -0.4 is 9.47 Å². The first-order valence-electron chi connectivity index (χ1n) is 10.6. The predicted molar refractivity (Wildman–Crippen MR) is 137 cm³/mol. The summed E-state index contributed by atoms with van der Waals surface area (Å²) >= 11 is 6.91. The Hall–Kier alpha value is -1.52. The summed E-state index contributed by atoms with van der Waals surface area (Å²) in [5.74, 6) is 1.85. The van der Waals surface area contributed by atoms with Crippen molar-refractivity contribution in [1.29, 1.82) is 0 Å². The largest absolute Gasteiger partial charge is 0.494 e. The number of rotatable bonds is 13. The van der Waals surface area contributed by atoms with E-state index in [4.69, 9.17) is 9.47 Å². The van der Waals surface area contributed by atoms with Gasteiger partial charge in [0.15, 0.2) is 0 Å². The molecule has 0 aliphatic carbocycles. The van der Waals surface area contributed by atoms with Crippen molar-refractivity contribution in [2.24, 2.45) is 0 Å². The molecule has 0 saturated heterocycles. The van der Waals surface area contributed by atoms with Crippen molar-refractivity contribution < 1.29 is 9.47 Å². The van der Waals surface area contributed by atoms with Gasteiger partial charge >= 0.3 is 0 Å². The highest BCUT2D eigenvalue weighted by atomic mass is 79.9. The maximum Gasteiger partial charge on any atom is 0.119 e. The summed E-state index contributed by atoms with van der Waals surface area (Å²) in [5.41, 5.74) is 4.81. The SMILES string of the molecule is CC=C(C(=CC)c1ccc(OCCCCBr)cc1)c1ccc(OCCCCBr)cc1. The Morgan fingerprint density at radius 2 is 1.00 bits per heavy atom. The Kier molecular flexibility index (Phi) is 11.9. The molecular weight excluding hydrogens is 504 g/mol. The van der Waals surface area contributed by atoms with Gasteiger partial charge in [-0.2, -0.15) is 0 Å². The summed E-state index contributed by atoms with van der Waals surface area (Å²) in [6.45, 7) is 5.69. The zero-order valence-corrected chi connectivity index (χ0v) is 21.2. The topological polar surface area (TPSA) is 18.5 Å². The van der Waals surface area contributed by atoms with Crippen LogP contribution in [0.5, 0.6) is 11.5 Å². The van der Waals surface area contributed by atoms with Gasteiger partial charge in [-0.15, -0.1) is 0 Å². The fourth-order valence-corrected chi connectivity index (χ4v) is 3.98. The highest BCUT2D eigenvalue weighted by Gasteiger charge is 2.10. The van der Waals surface area contributed by atoms with E-state index in [2.05, 4.69) is 106 Å². The molecule has 2 rings (SSSR count). The maximum atomic E-state index is 5.84. The van der Waals surface area contributed by atoms with Crippen molar-refractivity contribution in [1.82, 2.24) is 0 Å². The predicted octanol–water partition coefficient (Wildman–Crippen LogP) is 8.30. The minimum absolute atomic E-state index is 0.756. The summed E-state index contributed by atoms with van der Waals surface area (Å²) < 4.78 is 11.7. The van der Waals surface area contributed by atoms with Crippen LogP contribution in [0.4, 0.5) is 0 Å². The molecule has 0 heterocycles. The number of allylic oxidation sites excluding steroid dienone is 4. The molecule has 0 amide bonds. The van der Waals surface area contributed by atoms with Gasteiger partial charge in [0, 0.05) is 10.7 Å². The number of ether oxygens (including phenoxy) is 2. The summed E-state index contributed by atoms with van der Waals surface area (Å²) in [7, 11) is 0. The monoisotopic (exact) mass is 534 g/mol. The number of benzene rings is 2. The average Bonchev–Trinajstić information content (AvgIpc) is 2.79. The molecule has 0 atom stereocenters. The van der Waals surface area contributed by atoms with E-state index < -0.39 is 0 Å². The van der Waals surface area contributed by atoms with Gasteiger partial charge < -0.3 is 9.47 Å². The van der Waals surface area contributed by atoms with Crippen LogP contribution in [0, 0.1) is 0 Å². The lowest BCUT2D eigenvalue weighted by Gasteiger charge is -2.14. The lowest BCUT2D eigenvalue weighted by Crippen LogP contribution is -1.98. The Labute approximate surface area is 198 Å². The van der Waals surface area contributed by atoms with Crippen LogP contribution in [0.2, 0.25) is 0 Å². The van der Waals surface area contributed by atoms with Crippen molar-refractivity contribution in [2.45, 2.75) is 39.5 Å². The van der Waals surface area contributed by atoms with Crippen molar-refractivity contribution >= 4 is 43.0 Å². The van der Waals surface area contributed by atoms with Crippen molar-refractivity contribution in [3.63, 3.8) is 0 Å².